The average Bonchev–Trinajstić information content (AvgIpc) is 2.03. The van der Waals surface area contributed by atoms with Crippen LogP contribution in [0.5, 0.6) is 0 Å². The Kier molecular flexibility index (Phi) is 5.30. The molecule has 0 bridgehead atoms. The average molecular weight is 189 g/mol. The highest BCUT2D eigenvalue weighted by Crippen LogP contribution is 2.04. The van der Waals surface area contributed by atoms with Gasteiger partial charge in [-0.05, 0) is 13.3 Å². The van der Waals surface area contributed by atoms with Crippen molar-refractivity contribution in [3.63, 3.8) is 0 Å². The zero-order valence-electron chi connectivity index (χ0n) is 8.01. The number of halogens is 1. The van der Waals surface area contributed by atoms with Gasteiger partial charge in [0.25, 0.3) is 0 Å². The molecule has 0 spiro atoms. The van der Waals surface area contributed by atoms with Crippen molar-refractivity contribution in [3.05, 3.63) is 12.2 Å². The lowest BCUT2D eigenvalue weighted by atomic mass is 10.1. The van der Waals surface area contributed by atoms with Crippen LogP contribution in [0.2, 0.25) is 0 Å². The van der Waals surface area contributed by atoms with E-state index in [2.05, 4.69) is 11.9 Å². The van der Waals surface area contributed by atoms with E-state index in [1.54, 1.807) is 6.92 Å². The molecule has 0 rings (SSSR count). The van der Waals surface area contributed by atoms with Crippen LogP contribution in [0.4, 0.5) is 4.39 Å². The minimum absolute atomic E-state index is 0.0150. The highest BCUT2D eigenvalue weighted by Gasteiger charge is 2.16. The summed E-state index contributed by atoms with van der Waals surface area (Å²) in [4.78, 5) is 10.4. The van der Waals surface area contributed by atoms with Crippen LogP contribution in [0.25, 0.3) is 0 Å². The monoisotopic (exact) mass is 189 g/mol. The lowest BCUT2D eigenvalue weighted by Gasteiger charge is -2.16. The van der Waals surface area contributed by atoms with Crippen LogP contribution in [0.1, 0.15) is 26.7 Å². The maximum Gasteiger partial charge on any atom is 0.332 e. The summed E-state index contributed by atoms with van der Waals surface area (Å²) < 4.78 is 12.9. The highest BCUT2D eigenvalue weighted by molar-refractivity contribution is 5.87. The molecule has 2 atom stereocenters. The zero-order chi connectivity index (χ0) is 10.4. The number of alkyl halides is 1. The molecule has 0 amide bonds. The maximum atomic E-state index is 12.9. The number of nitrogens with one attached hydrogen (secondary N) is 1. The van der Waals surface area contributed by atoms with Gasteiger partial charge in [-0.1, -0.05) is 19.9 Å². The second-order valence-corrected chi connectivity index (χ2v) is 2.97. The summed E-state index contributed by atoms with van der Waals surface area (Å²) in [5, 5.41) is 11.0. The summed E-state index contributed by atoms with van der Waals surface area (Å²) in [6.45, 7) is 6.79. The maximum absolute atomic E-state index is 12.9. The standard InChI is InChI=1S/C9H16FNO2/c1-4-5-8(10)11-7(3)6(2)9(12)13/h7-8,11H,2,4-5H2,1,3H3,(H,12,13). The second-order valence-electron chi connectivity index (χ2n) is 2.97. The Labute approximate surface area is 77.6 Å². The molecular weight excluding hydrogens is 173 g/mol. The van der Waals surface area contributed by atoms with Crippen LogP contribution in [0.3, 0.4) is 0 Å². The van der Waals surface area contributed by atoms with E-state index in [0.717, 1.165) is 6.42 Å². The van der Waals surface area contributed by atoms with Crippen LogP contribution in [0.15, 0.2) is 12.2 Å². The predicted molar refractivity (Wildman–Crippen MR) is 49.2 cm³/mol. The zero-order valence-corrected chi connectivity index (χ0v) is 8.01. The van der Waals surface area contributed by atoms with Crippen LogP contribution >= 0.6 is 0 Å². The normalized spacial score (nSPS) is 15.0. The molecule has 0 radical (unpaired) electrons. The fourth-order valence-electron chi connectivity index (χ4n) is 0.894. The van der Waals surface area contributed by atoms with Crippen LogP contribution < -0.4 is 5.32 Å². The molecule has 0 fully saturated rings. The fraction of sp³-hybridized carbons (Fsp3) is 0.667. The van der Waals surface area contributed by atoms with Gasteiger partial charge >= 0.3 is 5.97 Å². The predicted octanol–water partition coefficient (Wildman–Crippen LogP) is 1.70. The van der Waals surface area contributed by atoms with Crippen molar-refractivity contribution in [2.24, 2.45) is 0 Å². The van der Waals surface area contributed by atoms with Gasteiger partial charge in [-0.3, -0.25) is 5.32 Å². The Balaban J connectivity index is 3.92. The Bertz CT molecular complexity index is 194. The van der Waals surface area contributed by atoms with E-state index in [1.807, 2.05) is 6.92 Å². The van der Waals surface area contributed by atoms with Gasteiger partial charge in [0.1, 0.15) is 0 Å². The molecular formula is C9H16FNO2. The third-order valence-corrected chi connectivity index (χ3v) is 1.77. The Hall–Kier alpha value is -0.900. The van der Waals surface area contributed by atoms with E-state index >= 15 is 0 Å². The van der Waals surface area contributed by atoms with Gasteiger partial charge in [-0.2, -0.15) is 0 Å². The summed E-state index contributed by atoms with van der Waals surface area (Å²) in [6, 6.07) is -0.529. The molecule has 0 heterocycles. The molecule has 0 aliphatic heterocycles. The molecule has 2 unspecified atom stereocenters. The Morgan fingerprint density at radius 3 is 2.62 bits per heavy atom. The number of carboxylic acid groups (broad SMARTS) is 1. The molecule has 0 aliphatic carbocycles. The molecule has 13 heavy (non-hydrogen) atoms. The van der Waals surface area contributed by atoms with Gasteiger partial charge in [0.05, 0.1) is 0 Å². The number of hydrogen-bond acceptors (Lipinski definition) is 2. The summed E-state index contributed by atoms with van der Waals surface area (Å²) in [5.74, 6) is -1.09. The van der Waals surface area contributed by atoms with Gasteiger partial charge in [-0.25, -0.2) is 9.18 Å². The summed E-state index contributed by atoms with van der Waals surface area (Å²) in [5.41, 5.74) is -0.0150. The number of carboxylic acids is 1. The quantitative estimate of drug-likeness (QED) is 0.494. The van der Waals surface area contributed by atoms with E-state index in [4.69, 9.17) is 5.11 Å². The summed E-state index contributed by atoms with van der Waals surface area (Å²) >= 11 is 0. The van der Waals surface area contributed by atoms with Gasteiger partial charge in [0.15, 0.2) is 6.30 Å². The lowest BCUT2D eigenvalue weighted by Crippen LogP contribution is -2.36. The number of hydrogen-bond donors (Lipinski definition) is 2. The number of carbonyl (C=O) groups is 1. The van der Waals surface area contributed by atoms with E-state index in [9.17, 15) is 9.18 Å². The molecule has 76 valence electrons. The van der Waals surface area contributed by atoms with Gasteiger partial charge < -0.3 is 5.11 Å². The van der Waals surface area contributed by atoms with Crippen LogP contribution in [0, 0.1) is 0 Å². The van der Waals surface area contributed by atoms with Crippen LogP contribution in [-0.4, -0.2) is 23.4 Å². The molecule has 0 saturated carbocycles. The fourth-order valence-corrected chi connectivity index (χ4v) is 0.894. The molecule has 2 N–H and O–H groups in total. The molecule has 0 aromatic heterocycles. The van der Waals surface area contributed by atoms with Crippen molar-refractivity contribution in [1.82, 2.24) is 5.32 Å². The first-order valence-electron chi connectivity index (χ1n) is 4.31. The highest BCUT2D eigenvalue weighted by atomic mass is 19.1. The van der Waals surface area contributed by atoms with Crippen molar-refractivity contribution >= 4 is 5.97 Å². The SMILES string of the molecule is C=C(C(=O)O)C(C)NC(F)CCC. The minimum Gasteiger partial charge on any atom is -0.478 e. The number of rotatable bonds is 6. The minimum atomic E-state index is -1.16. The molecule has 4 heteroatoms. The van der Waals surface area contributed by atoms with Crippen molar-refractivity contribution in [3.8, 4) is 0 Å². The van der Waals surface area contributed by atoms with E-state index in [-0.39, 0.29) is 5.57 Å². The Morgan fingerprint density at radius 1 is 1.69 bits per heavy atom. The van der Waals surface area contributed by atoms with Gasteiger partial charge in [-0.15, -0.1) is 0 Å². The topological polar surface area (TPSA) is 49.3 Å². The molecule has 0 saturated heterocycles. The smallest absolute Gasteiger partial charge is 0.332 e. The third kappa shape index (κ3) is 4.62. The number of aliphatic carboxylic acids is 1. The molecule has 3 nitrogen and oxygen atoms in total. The van der Waals surface area contributed by atoms with Gasteiger partial charge in [0, 0.05) is 11.6 Å². The van der Waals surface area contributed by atoms with Crippen molar-refractivity contribution in [1.29, 1.82) is 0 Å². The molecule has 0 aromatic rings. The van der Waals surface area contributed by atoms with Crippen LogP contribution in [-0.2, 0) is 4.79 Å². The van der Waals surface area contributed by atoms with Crippen molar-refractivity contribution < 1.29 is 14.3 Å². The largest absolute Gasteiger partial charge is 0.478 e. The van der Waals surface area contributed by atoms with E-state index in [0.29, 0.717) is 6.42 Å². The van der Waals surface area contributed by atoms with Crippen molar-refractivity contribution in [2.45, 2.75) is 39.0 Å². The first-order valence-corrected chi connectivity index (χ1v) is 4.31. The second kappa shape index (κ2) is 5.70. The van der Waals surface area contributed by atoms with E-state index in [1.165, 1.54) is 0 Å². The van der Waals surface area contributed by atoms with E-state index < -0.39 is 18.3 Å². The van der Waals surface area contributed by atoms with Gasteiger partial charge in [0.2, 0.25) is 0 Å². The summed E-state index contributed by atoms with van der Waals surface area (Å²) in [7, 11) is 0. The first kappa shape index (κ1) is 12.1. The Morgan fingerprint density at radius 2 is 2.23 bits per heavy atom. The third-order valence-electron chi connectivity index (χ3n) is 1.77. The molecule has 0 aliphatic rings. The summed E-state index contributed by atoms with van der Waals surface area (Å²) in [6.07, 6.45) is -0.0476. The first-order chi connectivity index (χ1) is 5.99. The molecule has 0 aromatic carbocycles. The lowest BCUT2D eigenvalue weighted by molar-refractivity contribution is -0.133. The van der Waals surface area contributed by atoms with Crippen molar-refractivity contribution in [2.75, 3.05) is 0 Å².